The van der Waals surface area contributed by atoms with Crippen LogP contribution >= 0.6 is 11.6 Å². The number of rotatable bonds is 3. The summed E-state index contributed by atoms with van der Waals surface area (Å²) in [5, 5.41) is 12.3. The van der Waals surface area contributed by atoms with E-state index in [2.05, 4.69) is 0 Å². The highest BCUT2D eigenvalue weighted by Gasteiger charge is 2.35. The zero-order valence-corrected chi connectivity index (χ0v) is 20.7. The third-order valence-corrected chi connectivity index (χ3v) is 6.91. The SMILES string of the molecule is CN(C)c1nc2ccccc2cc1[C@@H]1CC(=O)Oc2cc(O)c3c(=O)c(-c4ccc(Cl)cc4)coc3c21. The van der Waals surface area contributed by atoms with Crippen LogP contribution in [0.15, 0.2) is 76.1 Å². The van der Waals surface area contributed by atoms with Gasteiger partial charge in [-0.1, -0.05) is 41.9 Å². The summed E-state index contributed by atoms with van der Waals surface area (Å²) in [7, 11) is 3.77. The highest BCUT2D eigenvalue weighted by Crippen LogP contribution is 2.47. The molecule has 5 aromatic rings. The zero-order chi connectivity index (χ0) is 25.8. The first kappa shape index (κ1) is 23.1. The summed E-state index contributed by atoms with van der Waals surface area (Å²) in [6.07, 6.45) is 1.39. The van der Waals surface area contributed by atoms with Gasteiger partial charge in [0.1, 0.15) is 34.5 Å². The van der Waals surface area contributed by atoms with E-state index in [0.29, 0.717) is 22.0 Å². The number of hydrogen-bond acceptors (Lipinski definition) is 7. The summed E-state index contributed by atoms with van der Waals surface area (Å²) in [4.78, 5) is 33.0. The van der Waals surface area contributed by atoms with E-state index in [-0.39, 0.29) is 34.5 Å². The third-order valence-electron chi connectivity index (χ3n) is 6.66. The maximum atomic E-state index is 13.6. The number of phenols is 1. The van der Waals surface area contributed by atoms with Gasteiger partial charge in [-0.3, -0.25) is 9.59 Å². The van der Waals surface area contributed by atoms with Crippen LogP contribution < -0.4 is 15.1 Å². The second kappa shape index (κ2) is 8.64. The van der Waals surface area contributed by atoms with E-state index in [1.807, 2.05) is 49.3 Å². The number of fused-ring (bicyclic) bond motifs is 4. The van der Waals surface area contributed by atoms with Gasteiger partial charge >= 0.3 is 5.97 Å². The van der Waals surface area contributed by atoms with E-state index < -0.39 is 17.3 Å². The summed E-state index contributed by atoms with van der Waals surface area (Å²) in [5.41, 5.74) is 2.80. The number of phenolic OH excluding ortho intramolecular Hbond substituents is 1. The van der Waals surface area contributed by atoms with Crippen LogP contribution in [-0.4, -0.2) is 30.2 Å². The van der Waals surface area contributed by atoms with E-state index in [1.54, 1.807) is 24.3 Å². The lowest BCUT2D eigenvalue weighted by Crippen LogP contribution is -2.24. The number of pyridine rings is 1. The molecule has 0 saturated carbocycles. The van der Waals surface area contributed by atoms with Crippen LogP contribution in [0, 0.1) is 0 Å². The van der Waals surface area contributed by atoms with Gasteiger partial charge in [0.05, 0.1) is 17.5 Å². The van der Waals surface area contributed by atoms with Gasteiger partial charge in [-0.25, -0.2) is 4.98 Å². The maximum absolute atomic E-state index is 13.6. The number of ether oxygens (including phenoxy) is 1. The Morgan fingerprint density at radius 2 is 1.81 bits per heavy atom. The number of para-hydroxylation sites is 1. The molecule has 0 amide bonds. The number of carbonyl (C=O) groups excluding carboxylic acids is 1. The Bertz CT molecular complexity index is 1780. The van der Waals surface area contributed by atoms with Crippen LogP contribution in [0.5, 0.6) is 11.5 Å². The number of halogens is 1. The van der Waals surface area contributed by atoms with Crippen LogP contribution in [0.4, 0.5) is 5.82 Å². The Balaban J connectivity index is 1.63. The van der Waals surface area contributed by atoms with Crippen molar-refractivity contribution in [3.05, 3.63) is 93.3 Å². The lowest BCUT2D eigenvalue weighted by molar-refractivity contribution is -0.135. The molecule has 1 aliphatic heterocycles. The minimum Gasteiger partial charge on any atom is -0.507 e. The van der Waals surface area contributed by atoms with Crippen LogP contribution in [0.3, 0.4) is 0 Å². The van der Waals surface area contributed by atoms with Crippen LogP contribution in [0.1, 0.15) is 23.5 Å². The Kier molecular flexibility index (Phi) is 5.38. The van der Waals surface area contributed by atoms with Crippen molar-refractivity contribution in [2.45, 2.75) is 12.3 Å². The molecule has 3 heterocycles. The quantitative estimate of drug-likeness (QED) is 0.238. The number of anilines is 1. The molecule has 7 nitrogen and oxygen atoms in total. The van der Waals surface area contributed by atoms with Crippen molar-refractivity contribution < 1.29 is 19.1 Å². The fourth-order valence-electron chi connectivity index (χ4n) is 4.96. The fraction of sp³-hybridized carbons (Fsp3) is 0.138. The molecular weight excluding hydrogens is 492 g/mol. The molecule has 0 bridgehead atoms. The molecule has 3 aromatic carbocycles. The molecule has 0 aliphatic carbocycles. The van der Waals surface area contributed by atoms with Crippen molar-refractivity contribution in [2.75, 3.05) is 19.0 Å². The number of aromatic hydroxyl groups is 1. The first-order chi connectivity index (χ1) is 17.8. The van der Waals surface area contributed by atoms with E-state index in [1.165, 1.54) is 12.3 Å². The number of hydrogen-bond donors (Lipinski definition) is 1. The summed E-state index contributed by atoms with van der Waals surface area (Å²) >= 11 is 6.00. The lowest BCUT2D eigenvalue weighted by atomic mass is 9.84. The van der Waals surface area contributed by atoms with E-state index in [9.17, 15) is 14.7 Å². The largest absolute Gasteiger partial charge is 0.507 e. The molecule has 184 valence electrons. The minimum absolute atomic E-state index is 0.0225. The highest BCUT2D eigenvalue weighted by molar-refractivity contribution is 6.30. The van der Waals surface area contributed by atoms with Crippen molar-refractivity contribution in [1.29, 1.82) is 0 Å². The monoisotopic (exact) mass is 512 g/mol. The van der Waals surface area contributed by atoms with Crippen LogP contribution in [0.25, 0.3) is 33.0 Å². The Morgan fingerprint density at radius 3 is 2.57 bits per heavy atom. The van der Waals surface area contributed by atoms with Crippen molar-refractivity contribution in [2.24, 2.45) is 0 Å². The number of benzene rings is 3. The molecule has 1 N–H and O–H groups in total. The van der Waals surface area contributed by atoms with Crippen LogP contribution in [-0.2, 0) is 4.79 Å². The molecule has 37 heavy (non-hydrogen) atoms. The third kappa shape index (κ3) is 3.79. The van der Waals surface area contributed by atoms with E-state index in [0.717, 1.165) is 16.5 Å². The topological polar surface area (TPSA) is 92.9 Å². The summed E-state index contributed by atoms with van der Waals surface area (Å²) in [5.74, 6) is -0.443. The molecular formula is C29H21ClN2O5. The highest BCUT2D eigenvalue weighted by atomic mass is 35.5. The normalized spacial score (nSPS) is 15.0. The molecule has 2 aromatic heterocycles. The van der Waals surface area contributed by atoms with E-state index >= 15 is 0 Å². The lowest BCUT2D eigenvalue weighted by Gasteiger charge is -2.28. The van der Waals surface area contributed by atoms with E-state index in [4.69, 9.17) is 25.7 Å². The Morgan fingerprint density at radius 1 is 1.05 bits per heavy atom. The zero-order valence-electron chi connectivity index (χ0n) is 20.0. The molecule has 0 spiro atoms. The van der Waals surface area contributed by atoms with Crippen LogP contribution in [0.2, 0.25) is 5.02 Å². The van der Waals surface area contributed by atoms with Gasteiger partial charge < -0.3 is 19.2 Å². The van der Waals surface area contributed by atoms with Crippen molar-refractivity contribution >= 4 is 45.3 Å². The second-order valence-corrected chi connectivity index (χ2v) is 9.65. The number of nitrogens with zero attached hydrogens (tertiary/aromatic N) is 2. The number of esters is 1. The van der Waals surface area contributed by atoms with Crippen molar-refractivity contribution in [1.82, 2.24) is 4.98 Å². The molecule has 8 heteroatoms. The molecule has 0 radical (unpaired) electrons. The molecule has 0 unspecified atom stereocenters. The number of carbonyl (C=O) groups is 1. The molecule has 0 saturated heterocycles. The first-order valence-electron chi connectivity index (χ1n) is 11.7. The van der Waals surface area contributed by atoms with Gasteiger partial charge in [0.25, 0.3) is 0 Å². The summed E-state index contributed by atoms with van der Waals surface area (Å²) < 4.78 is 11.6. The summed E-state index contributed by atoms with van der Waals surface area (Å²) in [6.45, 7) is 0. The van der Waals surface area contributed by atoms with Gasteiger partial charge in [0.2, 0.25) is 5.43 Å². The molecule has 1 aliphatic rings. The van der Waals surface area contributed by atoms with Crippen molar-refractivity contribution in [3.8, 4) is 22.6 Å². The summed E-state index contributed by atoms with van der Waals surface area (Å²) in [6, 6.07) is 17.8. The Hall–Kier alpha value is -4.36. The predicted molar refractivity (Wildman–Crippen MR) is 143 cm³/mol. The smallest absolute Gasteiger partial charge is 0.312 e. The maximum Gasteiger partial charge on any atom is 0.312 e. The number of aromatic nitrogens is 1. The van der Waals surface area contributed by atoms with Gasteiger partial charge in [0.15, 0.2) is 0 Å². The second-order valence-electron chi connectivity index (χ2n) is 9.22. The molecule has 6 rings (SSSR count). The fourth-order valence-corrected chi connectivity index (χ4v) is 5.09. The van der Waals surface area contributed by atoms with Gasteiger partial charge in [-0.05, 0) is 29.8 Å². The first-order valence-corrected chi connectivity index (χ1v) is 12.0. The average Bonchev–Trinajstić information content (AvgIpc) is 2.88. The van der Waals surface area contributed by atoms with Gasteiger partial charge in [-0.15, -0.1) is 0 Å². The standard InChI is InChI=1S/C29H21ClN2O5/c1-32(2)29-19(11-16-5-3-4-6-21(16)31-29)18-12-24(34)37-23-13-22(33)26-27(35)20(14-36-28(26)25(18)23)15-7-9-17(30)10-8-15/h3-11,13-14,18,33H,12H2,1-2H3/t18-/m0/s1. The average molecular weight is 513 g/mol. The van der Waals surface area contributed by atoms with Crippen molar-refractivity contribution in [3.63, 3.8) is 0 Å². The Labute approximate surface area is 216 Å². The molecule has 0 fully saturated rings. The van der Waals surface area contributed by atoms with Gasteiger partial charge in [-0.2, -0.15) is 0 Å². The molecule has 1 atom stereocenters. The minimum atomic E-state index is -0.515. The predicted octanol–water partition coefficient (Wildman–Crippen LogP) is 5.87. The van der Waals surface area contributed by atoms with Gasteiger partial charge in [0, 0.05) is 47.6 Å².